The zero-order chi connectivity index (χ0) is 14.4. The monoisotopic (exact) mass is 273 g/mol. The van der Waals surface area contributed by atoms with Crippen LogP contribution in [0.2, 0.25) is 0 Å². The van der Waals surface area contributed by atoms with Crippen molar-refractivity contribution in [3.63, 3.8) is 0 Å². The SMILES string of the molecule is Nc1ccc(OCCNc2ccc([N+](=O)[O-])cc2)cc1. The van der Waals surface area contributed by atoms with Crippen LogP contribution in [0.4, 0.5) is 17.1 Å². The van der Waals surface area contributed by atoms with Gasteiger partial charge in [-0.05, 0) is 36.4 Å². The van der Waals surface area contributed by atoms with Crippen LogP contribution in [0.25, 0.3) is 0 Å². The Morgan fingerprint density at radius 2 is 1.75 bits per heavy atom. The molecule has 2 aromatic rings. The number of non-ortho nitro benzene ring substituents is 1. The number of ether oxygens (including phenoxy) is 1. The highest BCUT2D eigenvalue weighted by Gasteiger charge is 2.03. The van der Waals surface area contributed by atoms with Gasteiger partial charge in [0.15, 0.2) is 0 Å². The van der Waals surface area contributed by atoms with Gasteiger partial charge >= 0.3 is 0 Å². The fourth-order valence-corrected chi connectivity index (χ4v) is 1.63. The Hall–Kier alpha value is -2.76. The molecule has 0 heterocycles. The molecular weight excluding hydrogens is 258 g/mol. The molecule has 0 amide bonds. The van der Waals surface area contributed by atoms with E-state index in [-0.39, 0.29) is 5.69 Å². The molecule has 0 saturated heterocycles. The summed E-state index contributed by atoms with van der Waals surface area (Å²) < 4.78 is 5.52. The molecule has 6 heteroatoms. The van der Waals surface area contributed by atoms with Crippen LogP contribution >= 0.6 is 0 Å². The van der Waals surface area contributed by atoms with Gasteiger partial charge in [0.1, 0.15) is 12.4 Å². The van der Waals surface area contributed by atoms with E-state index in [1.54, 1.807) is 36.4 Å². The van der Waals surface area contributed by atoms with E-state index in [1.165, 1.54) is 12.1 Å². The van der Waals surface area contributed by atoms with E-state index in [2.05, 4.69) is 5.32 Å². The van der Waals surface area contributed by atoms with Gasteiger partial charge in [-0.1, -0.05) is 0 Å². The number of hydrogen-bond acceptors (Lipinski definition) is 5. The van der Waals surface area contributed by atoms with Crippen molar-refractivity contribution >= 4 is 17.1 Å². The summed E-state index contributed by atoms with van der Waals surface area (Å²) in [5.74, 6) is 0.754. The second-order valence-corrected chi connectivity index (χ2v) is 4.15. The molecule has 0 aliphatic heterocycles. The Morgan fingerprint density at radius 1 is 1.10 bits per heavy atom. The van der Waals surface area contributed by atoms with Crippen LogP contribution in [-0.2, 0) is 0 Å². The molecule has 6 nitrogen and oxygen atoms in total. The molecule has 0 aromatic heterocycles. The number of anilines is 2. The fraction of sp³-hybridized carbons (Fsp3) is 0.143. The van der Waals surface area contributed by atoms with Gasteiger partial charge in [0, 0.05) is 30.1 Å². The van der Waals surface area contributed by atoms with Gasteiger partial charge in [0.05, 0.1) is 4.92 Å². The standard InChI is InChI=1S/C14H15N3O3/c15-11-1-7-14(8-2-11)20-10-9-16-12-3-5-13(6-4-12)17(18)19/h1-8,16H,9-10,15H2. The predicted molar refractivity (Wildman–Crippen MR) is 77.9 cm³/mol. The van der Waals surface area contributed by atoms with Crippen molar-refractivity contribution in [1.82, 2.24) is 0 Å². The minimum Gasteiger partial charge on any atom is -0.492 e. The van der Waals surface area contributed by atoms with E-state index >= 15 is 0 Å². The number of nitro groups is 1. The number of benzene rings is 2. The normalized spacial score (nSPS) is 10.0. The maximum absolute atomic E-state index is 10.5. The Bertz CT molecular complexity index is 567. The minimum absolute atomic E-state index is 0.0775. The fourth-order valence-electron chi connectivity index (χ4n) is 1.63. The smallest absolute Gasteiger partial charge is 0.269 e. The van der Waals surface area contributed by atoms with Crippen LogP contribution in [0.5, 0.6) is 5.75 Å². The Kier molecular flexibility index (Phi) is 4.39. The van der Waals surface area contributed by atoms with Gasteiger partial charge in [-0.2, -0.15) is 0 Å². The first-order valence-electron chi connectivity index (χ1n) is 6.12. The number of nitrogen functional groups attached to an aromatic ring is 1. The van der Waals surface area contributed by atoms with Crippen molar-refractivity contribution in [3.05, 3.63) is 58.6 Å². The van der Waals surface area contributed by atoms with E-state index in [0.29, 0.717) is 18.8 Å². The van der Waals surface area contributed by atoms with E-state index in [0.717, 1.165) is 11.4 Å². The minimum atomic E-state index is -0.423. The van der Waals surface area contributed by atoms with Crippen LogP contribution in [0.15, 0.2) is 48.5 Å². The molecular formula is C14H15N3O3. The van der Waals surface area contributed by atoms with Crippen molar-refractivity contribution in [2.45, 2.75) is 0 Å². The van der Waals surface area contributed by atoms with E-state index in [1.807, 2.05) is 0 Å². The summed E-state index contributed by atoms with van der Waals surface area (Å²) in [6.45, 7) is 1.09. The molecule has 104 valence electrons. The summed E-state index contributed by atoms with van der Waals surface area (Å²) in [5, 5.41) is 13.6. The lowest BCUT2D eigenvalue weighted by atomic mass is 10.3. The van der Waals surface area contributed by atoms with Gasteiger partial charge < -0.3 is 15.8 Å². The highest BCUT2D eigenvalue weighted by molar-refractivity contribution is 5.48. The molecule has 0 aliphatic carbocycles. The van der Waals surface area contributed by atoms with E-state index in [9.17, 15) is 10.1 Å². The van der Waals surface area contributed by atoms with Gasteiger partial charge in [-0.3, -0.25) is 10.1 Å². The maximum Gasteiger partial charge on any atom is 0.269 e. The van der Waals surface area contributed by atoms with Gasteiger partial charge in [0.25, 0.3) is 5.69 Å². The van der Waals surface area contributed by atoms with E-state index in [4.69, 9.17) is 10.5 Å². The first-order chi connectivity index (χ1) is 9.65. The first kappa shape index (κ1) is 13.7. The number of nitrogens with two attached hydrogens (primary N) is 1. The molecule has 0 bridgehead atoms. The molecule has 0 atom stereocenters. The molecule has 0 radical (unpaired) electrons. The third-order valence-corrected chi connectivity index (χ3v) is 2.66. The Labute approximate surface area is 116 Å². The lowest BCUT2D eigenvalue weighted by molar-refractivity contribution is -0.384. The summed E-state index contributed by atoms with van der Waals surface area (Å²) >= 11 is 0. The summed E-state index contributed by atoms with van der Waals surface area (Å²) in [5.41, 5.74) is 7.16. The van der Waals surface area contributed by atoms with Crippen LogP contribution in [0.1, 0.15) is 0 Å². The van der Waals surface area contributed by atoms with Gasteiger partial charge in [-0.25, -0.2) is 0 Å². The second-order valence-electron chi connectivity index (χ2n) is 4.15. The van der Waals surface area contributed by atoms with Gasteiger partial charge in [-0.15, -0.1) is 0 Å². The van der Waals surface area contributed by atoms with Crippen molar-refractivity contribution < 1.29 is 9.66 Å². The molecule has 0 fully saturated rings. The van der Waals surface area contributed by atoms with Crippen molar-refractivity contribution in [3.8, 4) is 5.75 Å². The average Bonchev–Trinajstić information content (AvgIpc) is 2.46. The highest BCUT2D eigenvalue weighted by atomic mass is 16.6. The maximum atomic E-state index is 10.5. The number of hydrogen-bond donors (Lipinski definition) is 2. The van der Waals surface area contributed by atoms with Crippen LogP contribution in [0.3, 0.4) is 0 Å². The molecule has 0 unspecified atom stereocenters. The summed E-state index contributed by atoms with van der Waals surface area (Å²) in [6, 6.07) is 13.4. The molecule has 20 heavy (non-hydrogen) atoms. The number of nitro benzene ring substituents is 1. The summed E-state index contributed by atoms with van der Waals surface area (Å²) in [6.07, 6.45) is 0. The molecule has 0 saturated carbocycles. The molecule has 3 N–H and O–H groups in total. The van der Waals surface area contributed by atoms with Crippen molar-refractivity contribution in [2.24, 2.45) is 0 Å². The average molecular weight is 273 g/mol. The highest BCUT2D eigenvalue weighted by Crippen LogP contribution is 2.15. The zero-order valence-corrected chi connectivity index (χ0v) is 10.8. The Balaban J connectivity index is 1.75. The third kappa shape index (κ3) is 3.88. The summed E-state index contributed by atoms with van der Waals surface area (Å²) in [7, 11) is 0. The topological polar surface area (TPSA) is 90.4 Å². The molecule has 0 aliphatic rings. The van der Waals surface area contributed by atoms with Crippen LogP contribution in [-0.4, -0.2) is 18.1 Å². The lowest BCUT2D eigenvalue weighted by Gasteiger charge is -2.08. The quantitative estimate of drug-likeness (QED) is 0.365. The second kappa shape index (κ2) is 6.42. The van der Waals surface area contributed by atoms with Gasteiger partial charge in [0.2, 0.25) is 0 Å². The number of nitrogens with zero attached hydrogens (tertiary/aromatic N) is 1. The lowest BCUT2D eigenvalue weighted by Crippen LogP contribution is -2.11. The molecule has 2 rings (SSSR count). The van der Waals surface area contributed by atoms with Crippen LogP contribution < -0.4 is 15.8 Å². The van der Waals surface area contributed by atoms with E-state index < -0.39 is 4.92 Å². The zero-order valence-electron chi connectivity index (χ0n) is 10.8. The Morgan fingerprint density at radius 3 is 2.35 bits per heavy atom. The third-order valence-electron chi connectivity index (χ3n) is 2.66. The number of nitrogens with one attached hydrogen (secondary N) is 1. The number of rotatable bonds is 6. The molecule has 2 aromatic carbocycles. The largest absolute Gasteiger partial charge is 0.492 e. The molecule has 0 spiro atoms. The van der Waals surface area contributed by atoms with Crippen molar-refractivity contribution in [1.29, 1.82) is 0 Å². The summed E-state index contributed by atoms with van der Waals surface area (Å²) in [4.78, 5) is 10.1. The predicted octanol–water partition coefficient (Wildman–Crippen LogP) is 2.67. The van der Waals surface area contributed by atoms with Crippen LogP contribution in [0, 0.1) is 10.1 Å². The van der Waals surface area contributed by atoms with Crippen molar-refractivity contribution in [2.75, 3.05) is 24.2 Å². The first-order valence-corrected chi connectivity index (χ1v) is 6.12.